The molecule has 4 heteroatoms. The molecule has 0 heterocycles. The average molecular weight is 316 g/mol. The number of methoxy groups -OCH3 is 2. The molecule has 0 saturated carbocycles. The van der Waals surface area contributed by atoms with Crippen LogP contribution in [0.5, 0.6) is 5.75 Å². The number of ether oxygens (including phenoxy) is 2. The van der Waals surface area contributed by atoms with Crippen LogP contribution in [0.1, 0.15) is 17.7 Å². The Hall–Kier alpha value is -1.94. The fourth-order valence-electron chi connectivity index (χ4n) is 2.08. The number of carbonyl (C=O) groups is 1. The van der Waals surface area contributed by atoms with Crippen molar-refractivity contribution >= 4 is 17.7 Å². The first-order valence-corrected chi connectivity index (χ1v) is 8.11. The second kappa shape index (κ2) is 7.90. The van der Waals surface area contributed by atoms with Crippen molar-refractivity contribution in [3.63, 3.8) is 0 Å². The third-order valence-corrected chi connectivity index (χ3v) is 4.66. The molecule has 2 rings (SSSR count). The molecule has 2 aromatic rings. The maximum Gasteiger partial charge on any atom is 0.315 e. The zero-order chi connectivity index (χ0) is 15.9. The minimum atomic E-state index is -0.188. The fourth-order valence-corrected chi connectivity index (χ4v) is 2.93. The highest BCUT2D eigenvalue weighted by atomic mass is 32.2. The summed E-state index contributed by atoms with van der Waals surface area (Å²) in [5.41, 5.74) is 3.52. The van der Waals surface area contributed by atoms with Crippen LogP contribution in [0.2, 0.25) is 0 Å². The van der Waals surface area contributed by atoms with Crippen molar-refractivity contribution < 1.29 is 14.3 Å². The van der Waals surface area contributed by atoms with Gasteiger partial charge in [-0.1, -0.05) is 36.4 Å². The molecular weight excluding hydrogens is 296 g/mol. The fraction of sp³-hybridized carbons (Fsp3) is 0.278. The summed E-state index contributed by atoms with van der Waals surface area (Å²) in [5.74, 6) is 1.04. The number of esters is 1. The van der Waals surface area contributed by atoms with E-state index in [2.05, 4.69) is 35.9 Å². The van der Waals surface area contributed by atoms with E-state index in [-0.39, 0.29) is 11.2 Å². The Labute approximate surface area is 135 Å². The Bertz CT molecular complexity index is 605. The first kappa shape index (κ1) is 16.4. The summed E-state index contributed by atoms with van der Waals surface area (Å²) in [6, 6.07) is 16.4. The van der Waals surface area contributed by atoms with Gasteiger partial charge in [0, 0.05) is 5.25 Å². The van der Waals surface area contributed by atoms with Gasteiger partial charge in [0.05, 0.1) is 20.0 Å². The van der Waals surface area contributed by atoms with Gasteiger partial charge in [0.25, 0.3) is 0 Å². The molecule has 1 atom stereocenters. The third-order valence-electron chi connectivity index (χ3n) is 3.48. The SMILES string of the molecule is COC(=O)CSC(C)c1ccc(-c2ccc(OC)cc2)cc1. The van der Waals surface area contributed by atoms with E-state index in [0.717, 1.165) is 16.9 Å². The van der Waals surface area contributed by atoms with Crippen LogP contribution >= 0.6 is 11.8 Å². The van der Waals surface area contributed by atoms with E-state index >= 15 is 0 Å². The summed E-state index contributed by atoms with van der Waals surface area (Å²) in [6.45, 7) is 2.09. The van der Waals surface area contributed by atoms with Crippen LogP contribution in [0.4, 0.5) is 0 Å². The molecule has 2 aromatic carbocycles. The van der Waals surface area contributed by atoms with Gasteiger partial charge in [0.1, 0.15) is 5.75 Å². The summed E-state index contributed by atoms with van der Waals surface area (Å²) in [7, 11) is 3.08. The summed E-state index contributed by atoms with van der Waals surface area (Å²) in [4.78, 5) is 11.2. The molecule has 0 aromatic heterocycles. The van der Waals surface area contributed by atoms with Gasteiger partial charge in [-0.2, -0.15) is 0 Å². The van der Waals surface area contributed by atoms with E-state index in [9.17, 15) is 4.79 Å². The lowest BCUT2D eigenvalue weighted by Crippen LogP contribution is -2.04. The number of benzene rings is 2. The Morgan fingerprint density at radius 3 is 2.05 bits per heavy atom. The second-order valence-electron chi connectivity index (χ2n) is 4.88. The van der Waals surface area contributed by atoms with E-state index in [1.54, 1.807) is 18.9 Å². The molecule has 0 bridgehead atoms. The molecule has 0 amide bonds. The smallest absolute Gasteiger partial charge is 0.315 e. The molecule has 22 heavy (non-hydrogen) atoms. The Kier molecular flexibility index (Phi) is 5.90. The highest BCUT2D eigenvalue weighted by Crippen LogP contribution is 2.30. The van der Waals surface area contributed by atoms with Gasteiger partial charge >= 0.3 is 5.97 Å². The number of hydrogen-bond acceptors (Lipinski definition) is 4. The van der Waals surface area contributed by atoms with Gasteiger partial charge in [0.2, 0.25) is 0 Å². The van der Waals surface area contributed by atoms with Crippen LogP contribution < -0.4 is 4.74 Å². The van der Waals surface area contributed by atoms with Gasteiger partial charge in [-0.25, -0.2) is 0 Å². The zero-order valence-corrected chi connectivity index (χ0v) is 13.9. The number of thioether (sulfide) groups is 1. The quantitative estimate of drug-likeness (QED) is 0.743. The predicted molar refractivity (Wildman–Crippen MR) is 91.3 cm³/mol. The van der Waals surface area contributed by atoms with Crippen LogP contribution in [0.25, 0.3) is 11.1 Å². The number of hydrogen-bond donors (Lipinski definition) is 0. The predicted octanol–water partition coefficient (Wildman–Crippen LogP) is 4.33. The van der Waals surface area contributed by atoms with E-state index in [1.807, 2.05) is 24.3 Å². The molecule has 1 unspecified atom stereocenters. The largest absolute Gasteiger partial charge is 0.497 e. The summed E-state index contributed by atoms with van der Waals surface area (Å²) < 4.78 is 9.83. The molecular formula is C18H20O3S. The summed E-state index contributed by atoms with van der Waals surface area (Å²) >= 11 is 1.58. The van der Waals surface area contributed by atoms with Crippen molar-refractivity contribution in [3.05, 3.63) is 54.1 Å². The lowest BCUT2D eigenvalue weighted by Gasteiger charge is -2.12. The molecule has 3 nitrogen and oxygen atoms in total. The van der Waals surface area contributed by atoms with Crippen molar-refractivity contribution in [3.8, 4) is 16.9 Å². The zero-order valence-electron chi connectivity index (χ0n) is 13.0. The molecule has 0 aliphatic heterocycles. The lowest BCUT2D eigenvalue weighted by molar-refractivity contribution is -0.137. The van der Waals surface area contributed by atoms with E-state index < -0.39 is 0 Å². The Balaban J connectivity index is 2.04. The van der Waals surface area contributed by atoms with Crippen LogP contribution in [-0.2, 0) is 9.53 Å². The topological polar surface area (TPSA) is 35.5 Å². The maximum absolute atomic E-state index is 11.2. The van der Waals surface area contributed by atoms with Crippen molar-refractivity contribution in [2.24, 2.45) is 0 Å². The molecule has 0 N–H and O–H groups in total. The number of carbonyl (C=O) groups excluding carboxylic acids is 1. The molecule has 0 radical (unpaired) electrons. The minimum Gasteiger partial charge on any atom is -0.497 e. The third kappa shape index (κ3) is 4.28. The summed E-state index contributed by atoms with van der Waals surface area (Å²) in [6.07, 6.45) is 0. The molecule has 0 saturated heterocycles. The molecule has 0 spiro atoms. The Morgan fingerprint density at radius 1 is 1.00 bits per heavy atom. The molecule has 0 fully saturated rings. The normalized spacial score (nSPS) is 11.8. The van der Waals surface area contributed by atoms with Gasteiger partial charge < -0.3 is 9.47 Å². The average Bonchev–Trinajstić information content (AvgIpc) is 2.59. The lowest BCUT2D eigenvalue weighted by atomic mass is 10.0. The van der Waals surface area contributed by atoms with E-state index in [0.29, 0.717) is 5.75 Å². The Morgan fingerprint density at radius 2 is 1.55 bits per heavy atom. The van der Waals surface area contributed by atoms with Crippen LogP contribution in [0.15, 0.2) is 48.5 Å². The van der Waals surface area contributed by atoms with Crippen molar-refractivity contribution in [2.75, 3.05) is 20.0 Å². The van der Waals surface area contributed by atoms with Gasteiger partial charge in [-0.15, -0.1) is 11.8 Å². The first-order valence-electron chi connectivity index (χ1n) is 7.07. The van der Waals surface area contributed by atoms with Crippen LogP contribution in [0, 0.1) is 0 Å². The van der Waals surface area contributed by atoms with Crippen molar-refractivity contribution in [2.45, 2.75) is 12.2 Å². The molecule has 116 valence electrons. The van der Waals surface area contributed by atoms with Crippen LogP contribution in [-0.4, -0.2) is 25.9 Å². The first-order chi connectivity index (χ1) is 10.6. The monoisotopic (exact) mass is 316 g/mol. The van der Waals surface area contributed by atoms with Gasteiger partial charge in [-0.3, -0.25) is 4.79 Å². The molecule has 0 aliphatic rings. The highest BCUT2D eigenvalue weighted by Gasteiger charge is 2.09. The van der Waals surface area contributed by atoms with Crippen molar-refractivity contribution in [1.82, 2.24) is 0 Å². The van der Waals surface area contributed by atoms with E-state index in [1.165, 1.54) is 12.7 Å². The minimum absolute atomic E-state index is 0.188. The van der Waals surface area contributed by atoms with E-state index in [4.69, 9.17) is 4.74 Å². The van der Waals surface area contributed by atoms with Crippen molar-refractivity contribution in [1.29, 1.82) is 0 Å². The second-order valence-corrected chi connectivity index (χ2v) is 6.21. The van der Waals surface area contributed by atoms with Gasteiger partial charge in [0.15, 0.2) is 0 Å². The van der Waals surface area contributed by atoms with Gasteiger partial charge in [-0.05, 0) is 35.7 Å². The number of rotatable bonds is 6. The maximum atomic E-state index is 11.2. The standard InChI is InChI=1S/C18H20O3S/c1-13(22-12-18(19)21-3)14-4-6-15(7-5-14)16-8-10-17(20-2)11-9-16/h4-11,13H,12H2,1-3H3. The summed E-state index contributed by atoms with van der Waals surface area (Å²) in [5, 5.41) is 0.254. The highest BCUT2D eigenvalue weighted by molar-refractivity contribution is 8.00. The molecule has 0 aliphatic carbocycles. The van der Waals surface area contributed by atoms with Crippen LogP contribution in [0.3, 0.4) is 0 Å².